The Hall–Kier alpha value is -0.710. The lowest BCUT2D eigenvalue weighted by Crippen LogP contribution is -2.42. The Balaban J connectivity index is 0.00000144. The average molecular weight is 295 g/mol. The molecule has 1 fully saturated rings. The van der Waals surface area contributed by atoms with Gasteiger partial charge in [-0.25, -0.2) is 4.98 Å². The number of halogens is 2. The second kappa shape index (κ2) is 8.40. The maximum Gasteiger partial charge on any atom is 0.217 e. The van der Waals surface area contributed by atoms with Crippen molar-refractivity contribution in [3.05, 3.63) is 18.3 Å². The van der Waals surface area contributed by atoms with Crippen LogP contribution in [-0.2, 0) is 0 Å². The summed E-state index contributed by atoms with van der Waals surface area (Å²) in [5.74, 6) is 1.42. The molecule has 1 N–H and O–H groups in total. The Morgan fingerprint density at radius 1 is 1.33 bits per heavy atom. The molecule has 1 aliphatic rings. The van der Waals surface area contributed by atoms with Gasteiger partial charge in [0.05, 0.1) is 7.11 Å². The maximum absolute atomic E-state index is 5.79. The van der Waals surface area contributed by atoms with E-state index in [0.29, 0.717) is 11.9 Å². The van der Waals surface area contributed by atoms with Crippen molar-refractivity contribution in [2.24, 2.45) is 0 Å². The van der Waals surface area contributed by atoms with Gasteiger partial charge in [-0.1, -0.05) is 0 Å². The van der Waals surface area contributed by atoms with E-state index in [2.05, 4.69) is 17.2 Å². The average Bonchev–Trinajstić information content (AvgIpc) is 2.32. The van der Waals surface area contributed by atoms with Crippen molar-refractivity contribution in [3.63, 3.8) is 0 Å². The molecule has 6 heteroatoms. The summed E-state index contributed by atoms with van der Waals surface area (Å²) in [7, 11) is 1.64. The number of methoxy groups -OCH3 is 1. The molecule has 0 bridgehead atoms. The first-order chi connectivity index (χ1) is 7.78. The number of nitrogens with zero attached hydrogens (tertiary/aromatic N) is 1. The largest absolute Gasteiger partial charge is 0.497 e. The van der Waals surface area contributed by atoms with Crippen molar-refractivity contribution in [2.75, 3.05) is 13.7 Å². The van der Waals surface area contributed by atoms with Crippen molar-refractivity contribution >= 4 is 24.8 Å². The molecule has 0 aromatic carbocycles. The van der Waals surface area contributed by atoms with Gasteiger partial charge < -0.3 is 14.8 Å². The highest BCUT2D eigenvalue weighted by Gasteiger charge is 2.19. The molecule has 0 amide bonds. The van der Waals surface area contributed by atoms with Gasteiger partial charge >= 0.3 is 0 Å². The number of pyridine rings is 1. The molecule has 1 aliphatic heterocycles. The summed E-state index contributed by atoms with van der Waals surface area (Å²) in [4.78, 5) is 4.17. The van der Waals surface area contributed by atoms with E-state index in [-0.39, 0.29) is 30.9 Å². The second-order valence-electron chi connectivity index (χ2n) is 4.16. The summed E-state index contributed by atoms with van der Waals surface area (Å²) in [6.07, 6.45) is 4.14. The smallest absolute Gasteiger partial charge is 0.217 e. The Bertz CT molecular complexity index is 345. The first kappa shape index (κ1) is 17.3. The summed E-state index contributed by atoms with van der Waals surface area (Å²) in [5, 5.41) is 3.40. The lowest BCUT2D eigenvalue weighted by Gasteiger charge is -2.27. The van der Waals surface area contributed by atoms with E-state index >= 15 is 0 Å². The van der Waals surface area contributed by atoms with E-state index < -0.39 is 0 Å². The quantitative estimate of drug-likeness (QED) is 0.930. The number of piperidine rings is 1. The fourth-order valence-electron chi connectivity index (χ4n) is 1.83. The van der Waals surface area contributed by atoms with Gasteiger partial charge in [-0.05, 0) is 25.8 Å². The zero-order chi connectivity index (χ0) is 11.4. The lowest BCUT2D eigenvalue weighted by molar-refractivity contribution is 0.146. The van der Waals surface area contributed by atoms with Gasteiger partial charge in [0, 0.05) is 24.8 Å². The number of hydrogen-bond acceptors (Lipinski definition) is 4. The van der Waals surface area contributed by atoms with Crippen LogP contribution in [0.5, 0.6) is 11.6 Å². The van der Waals surface area contributed by atoms with Crippen LogP contribution in [0, 0.1) is 0 Å². The van der Waals surface area contributed by atoms with Crippen LogP contribution >= 0.6 is 24.8 Å². The highest BCUT2D eigenvalue weighted by Crippen LogP contribution is 2.19. The third kappa shape index (κ3) is 4.88. The molecule has 0 radical (unpaired) electrons. The van der Waals surface area contributed by atoms with E-state index in [1.165, 1.54) is 0 Å². The third-order valence-corrected chi connectivity index (χ3v) is 2.85. The topological polar surface area (TPSA) is 43.4 Å². The minimum Gasteiger partial charge on any atom is -0.497 e. The van der Waals surface area contributed by atoms with Crippen molar-refractivity contribution in [2.45, 2.75) is 31.9 Å². The van der Waals surface area contributed by atoms with Crippen molar-refractivity contribution in [1.82, 2.24) is 10.3 Å². The van der Waals surface area contributed by atoms with Crippen molar-refractivity contribution in [1.29, 1.82) is 0 Å². The van der Waals surface area contributed by atoms with Crippen LogP contribution in [0.25, 0.3) is 0 Å². The second-order valence-corrected chi connectivity index (χ2v) is 4.16. The summed E-state index contributed by atoms with van der Waals surface area (Å²) >= 11 is 0. The molecule has 1 aromatic rings. The molecule has 0 spiro atoms. The Morgan fingerprint density at radius 2 is 2.11 bits per heavy atom. The number of nitrogens with one attached hydrogen (secondary N) is 1. The molecule has 0 saturated carbocycles. The molecule has 104 valence electrons. The monoisotopic (exact) mass is 294 g/mol. The standard InChI is InChI=1S/C12H18N2O2.2ClH/c1-9-3-4-11(8-14-9)16-12-7-10(15-2)5-6-13-12;;/h5-7,9,11,14H,3-4,8H2,1-2H3;2*1H/t9-,11+;;/m0../s1. The summed E-state index contributed by atoms with van der Waals surface area (Å²) < 4.78 is 10.9. The Kier molecular flexibility index (Phi) is 8.07. The molecular weight excluding hydrogens is 275 g/mol. The van der Waals surface area contributed by atoms with E-state index in [1.807, 2.05) is 12.1 Å². The van der Waals surface area contributed by atoms with Crippen LogP contribution in [-0.4, -0.2) is 30.8 Å². The first-order valence-electron chi connectivity index (χ1n) is 5.68. The van der Waals surface area contributed by atoms with Crippen LogP contribution in [0.15, 0.2) is 18.3 Å². The van der Waals surface area contributed by atoms with Gasteiger partial charge in [0.15, 0.2) is 0 Å². The Labute approximate surface area is 120 Å². The summed E-state index contributed by atoms with van der Waals surface area (Å²) in [6, 6.07) is 4.23. The normalized spacial score (nSPS) is 22.3. The van der Waals surface area contributed by atoms with Gasteiger partial charge in [0.1, 0.15) is 11.9 Å². The fourth-order valence-corrected chi connectivity index (χ4v) is 1.83. The number of aromatic nitrogens is 1. The predicted octanol–water partition coefficient (Wildman–Crippen LogP) is 2.45. The van der Waals surface area contributed by atoms with E-state index in [0.717, 1.165) is 25.1 Å². The van der Waals surface area contributed by atoms with Gasteiger partial charge in [0.25, 0.3) is 0 Å². The van der Waals surface area contributed by atoms with E-state index in [4.69, 9.17) is 9.47 Å². The number of rotatable bonds is 3. The molecule has 2 heterocycles. The molecule has 18 heavy (non-hydrogen) atoms. The minimum atomic E-state index is 0. The molecule has 4 nitrogen and oxygen atoms in total. The molecule has 1 aromatic heterocycles. The number of ether oxygens (including phenoxy) is 2. The zero-order valence-electron chi connectivity index (χ0n) is 10.6. The number of hydrogen-bond donors (Lipinski definition) is 1. The minimum absolute atomic E-state index is 0. The van der Waals surface area contributed by atoms with Gasteiger partial charge in [-0.15, -0.1) is 24.8 Å². The van der Waals surface area contributed by atoms with E-state index in [1.54, 1.807) is 13.3 Å². The molecule has 1 saturated heterocycles. The molecule has 2 rings (SSSR count). The highest BCUT2D eigenvalue weighted by atomic mass is 35.5. The van der Waals surface area contributed by atoms with E-state index in [9.17, 15) is 0 Å². The predicted molar refractivity (Wildman–Crippen MR) is 76.4 cm³/mol. The van der Waals surface area contributed by atoms with Crippen molar-refractivity contribution < 1.29 is 9.47 Å². The van der Waals surface area contributed by atoms with Gasteiger partial charge in [-0.2, -0.15) is 0 Å². The van der Waals surface area contributed by atoms with Gasteiger partial charge in [0.2, 0.25) is 5.88 Å². The first-order valence-corrected chi connectivity index (χ1v) is 5.68. The van der Waals surface area contributed by atoms with Crippen LogP contribution < -0.4 is 14.8 Å². The lowest BCUT2D eigenvalue weighted by atomic mass is 10.0. The third-order valence-electron chi connectivity index (χ3n) is 2.85. The van der Waals surface area contributed by atoms with Crippen LogP contribution in [0.4, 0.5) is 0 Å². The SMILES string of the molecule is COc1ccnc(O[C@@H]2CC[C@H](C)NC2)c1.Cl.Cl. The van der Waals surface area contributed by atoms with Gasteiger partial charge in [-0.3, -0.25) is 0 Å². The Morgan fingerprint density at radius 3 is 2.72 bits per heavy atom. The highest BCUT2D eigenvalue weighted by molar-refractivity contribution is 5.85. The maximum atomic E-state index is 5.79. The zero-order valence-corrected chi connectivity index (χ0v) is 12.2. The van der Waals surface area contributed by atoms with Crippen molar-refractivity contribution in [3.8, 4) is 11.6 Å². The summed E-state index contributed by atoms with van der Waals surface area (Å²) in [5.41, 5.74) is 0. The van der Waals surface area contributed by atoms with Crippen LogP contribution in [0.2, 0.25) is 0 Å². The molecular formula is C12H20Cl2N2O2. The molecule has 0 aliphatic carbocycles. The molecule has 2 atom stereocenters. The van der Waals surface area contributed by atoms with Crippen LogP contribution in [0.3, 0.4) is 0 Å². The summed E-state index contributed by atoms with van der Waals surface area (Å²) in [6.45, 7) is 3.08. The molecule has 0 unspecified atom stereocenters. The van der Waals surface area contributed by atoms with Crippen LogP contribution in [0.1, 0.15) is 19.8 Å². The fraction of sp³-hybridized carbons (Fsp3) is 0.583.